The molecular weight excluding hydrogens is 260 g/mol. The highest BCUT2D eigenvalue weighted by Crippen LogP contribution is 2.15. The molecular formula is C18H18N2O. The minimum absolute atomic E-state index is 0.0846. The smallest absolute Gasteiger partial charge is 0.251 e. The van der Waals surface area contributed by atoms with Gasteiger partial charge in [-0.25, -0.2) is 0 Å². The first-order chi connectivity index (χ1) is 9.99. The fourth-order valence-corrected chi connectivity index (χ4v) is 2.32. The zero-order chi connectivity index (χ0) is 15.4. The molecule has 0 radical (unpaired) electrons. The molecule has 0 aromatic heterocycles. The Morgan fingerprint density at radius 3 is 2.19 bits per heavy atom. The lowest BCUT2D eigenvalue weighted by Gasteiger charge is -2.15. The number of nitriles is 1. The van der Waals surface area contributed by atoms with Gasteiger partial charge in [-0.05, 0) is 50.6 Å². The minimum Gasteiger partial charge on any atom is -0.346 e. The lowest BCUT2D eigenvalue weighted by Crippen LogP contribution is -2.26. The van der Waals surface area contributed by atoms with Crippen LogP contribution in [0.3, 0.4) is 0 Å². The Labute approximate surface area is 125 Å². The summed E-state index contributed by atoms with van der Waals surface area (Å²) in [5.74, 6) is -0.0846. The van der Waals surface area contributed by atoms with E-state index >= 15 is 0 Å². The summed E-state index contributed by atoms with van der Waals surface area (Å²) in [6.07, 6.45) is 0. The van der Waals surface area contributed by atoms with E-state index in [-0.39, 0.29) is 11.9 Å². The zero-order valence-corrected chi connectivity index (χ0v) is 12.5. The van der Waals surface area contributed by atoms with E-state index in [0.29, 0.717) is 11.1 Å². The quantitative estimate of drug-likeness (QED) is 0.931. The number of aryl methyl sites for hydroxylation is 2. The Morgan fingerprint density at radius 1 is 1.10 bits per heavy atom. The van der Waals surface area contributed by atoms with Gasteiger partial charge in [0.2, 0.25) is 0 Å². The molecule has 0 spiro atoms. The number of hydrogen-bond acceptors (Lipinski definition) is 2. The highest BCUT2D eigenvalue weighted by atomic mass is 16.1. The fourth-order valence-electron chi connectivity index (χ4n) is 2.32. The summed E-state index contributed by atoms with van der Waals surface area (Å²) in [6.45, 7) is 5.89. The van der Waals surface area contributed by atoms with E-state index in [0.717, 1.165) is 16.7 Å². The average Bonchev–Trinajstić information content (AvgIpc) is 2.46. The van der Waals surface area contributed by atoms with E-state index < -0.39 is 0 Å². The van der Waals surface area contributed by atoms with Crippen LogP contribution in [0, 0.1) is 25.2 Å². The first-order valence-corrected chi connectivity index (χ1v) is 6.89. The third-order valence-corrected chi connectivity index (χ3v) is 3.37. The maximum Gasteiger partial charge on any atom is 0.251 e. The van der Waals surface area contributed by atoms with Gasteiger partial charge in [0.15, 0.2) is 0 Å². The standard InChI is InChI=1S/C18H18N2O/c1-12-8-13(2)10-17(9-12)18(21)20-14(3)16-6-4-15(11-19)5-7-16/h4-10,14H,1-3H3,(H,20,21). The predicted octanol–water partition coefficient (Wildman–Crippen LogP) is 3.67. The number of carbonyl (C=O) groups excluding carboxylic acids is 1. The van der Waals surface area contributed by atoms with E-state index in [1.165, 1.54) is 0 Å². The SMILES string of the molecule is Cc1cc(C)cc(C(=O)NC(C)c2ccc(C#N)cc2)c1. The summed E-state index contributed by atoms with van der Waals surface area (Å²) >= 11 is 0. The monoisotopic (exact) mass is 278 g/mol. The first kappa shape index (κ1) is 14.8. The molecule has 0 heterocycles. The second kappa shape index (κ2) is 6.23. The van der Waals surface area contributed by atoms with Crippen LogP contribution in [0.15, 0.2) is 42.5 Å². The van der Waals surface area contributed by atoms with Crippen LogP contribution in [0.2, 0.25) is 0 Å². The number of amides is 1. The van der Waals surface area contributed by atoms with Crippen LogP contribution < -0.4 is 5.32 Å². The van der Waals surface area contributed by atoms with Crippen LogP contribution in [-0.4, -0.2) is 5.91 Å². The Hall–Kier alpha value is -2.60. The zero-order valence-electron chi connectivity index (χ0n) is 12.5. The summed E-state index contributed by atoms with van der Waals surface area (Å²) in [7, 11) is 0. The molecule has 21 heavy (non-hydrogen) atoms. The summed E-state index contributed by atoms with van der Waals surface area (Å²) in [5.41, 5.74) is 4.42. The normalized spacial score (nSPS) is 11.5. The summed E-state index contributed by atoms with van der Waals surface area (Å²) in [4.78, 5) is 12.3. The molecule has 0 saturated heterocycles. The molecule has 2 aromatic carbocycles. The van der Waals surface area contributed by atoms with Crippen molar-refractivity contribution in [2.45, 2.75) is 26.8 Å². The summed E-state index contributed by atoms with van der Waals surface area (Å²) in [5, 5.41) is 11.8. The van der Waals surface area contributed by atoms with Gasteiger partial charge in [-0.2, -0.15) is 5.26 Å². The molecule has 2 aromatic rings. The van der Waals surface area contributed by atoms with Crippen molar-refractivity contribution in [3.8, 4) is 6.07 Å². The highest BCUT2D eigenvalue weighted by Gasteiger charge is 2.12. The van der Waals surface area contributed by atoms with E-state index in [1.807, 2.05) is 51.1 Å². The number of nitrogens with one attached hydrogen (secondary N) is 1. The highest BCUT2D eigenvalue weighted by molar-refractivity contribution is 5.94. The maximum atomic E-state index is 12.3. The molecule has 0 aliphatic carbocycles. The van der Waals surface area contributed by atoms with Crippen LogP contribution >= 0.6 is 0 Å². The summed E-state index contributed by atoms with van der Waals surface area (Å²) in [6, 6.07) is 15.0. The van der Waals surface area contributed by atoms with Crippen molar-refractivity contribution in [1.82, 2.24) is 5.32 Å². The van der Waals surface area contributed by atoms with Gasteiger partial charge in [0.1, 0.15) is 0 Å². The molecule has 1 amide bonds. The Morgan fingerprint density at radius 2 is 1.67 bits per heavy atom. The van der Waals surface area contributed by atoms with Crippen LogP contribution in [0.25, 0.3) is 0 Å². The van der Waals surface area contributed by atoms with Gasteiger partial charge in [0, 0.05) is 5.56 Å². The molecule has 0 saturated carbocycles. The molecule has 1 atom stereocenters. The van der Waals surface area contributed by atoms with Gasteiger partial charge < -0.3 is 5.32 Å². The van der Waals surface area contributed by atoms with Crippen LogP contribution in [0.5, 0.6) is 0 Å². The largest absolute Gasteiger partial charge is 0.346 e. The van der Waals surface area contributed by atoms with E-state index in [2.05, 4.69) is 11.4 Å². The third-order valence-electron chi connectivity index (χ3n) is 3.37. The van der Waals surface area contributed by atoms with Crippen LogP contribution in [0.4, 0.5) is 0 Å². The number of carbonyl (C=O) groups is 1. The summed E-state index contributed by atoms with van der Waals surface area (Å²) < 4.78 is 0. The molecule has 3 nitrogen and oxygen atoms in total. The third kappa shape index (κ3) is 3.70. The fraction of sp³-hybridized carbons (Fsp3) is 0.222. The van der Waals surface area contributed by atoms with Crippen LogP contribution in [-0.2, 0) is 0 Å². The molecule has 0 aliphatic heterocycles. The molecule has 1 unspecified atom stereocenters. The van der Waals surface area contributed by atoms with Crippen molar-refractivity contribution in [1.29, 1.82) is 5.26 Å². The lowest BCUT2D eigenvalue weighted by atomic mass is 10.0. The maximum absolute atomic E-state index is 12.3. The van der Waals surface area contributed by atoms with Crippen molar-refractivity contribution in [2.24, 2.45) is 0 Å². The number of benzene rings is 2. The van der Waals surface area contributed by atoms with Crippen molar-refractivity contribution < 1.29 is 4.79 Å². The first-order valence-electron chi connectivity index (χ1n) is 6.89. The topological polar surface area (TPSA) is 52.9 Å². The van der Waals surface area contributed by atoms with Crippen molar-refractivity contribution in [3.05, 3.63) is 70.3 Å². The van der Waals surface area contributed by atoms with Crippen LogP contribution in [0.1, 0.15) is 45.6 Å². The van der Waals surface area contributed by atoms with Gasteiger partial charge in [-0.3, -0.25) is 4.79 Å². The molecule has 0 fully saturated rings. The molecule has 0 aliphatic rings. The number of nitrogens with zero attached hydrogens (tertiary/aromatic N) is 1. The second-order valence-corrected chi connectivity index (χ2v) is 5.31. The second-order valence-electron chi connectivity index (χ2n) is 5.31. The number of rotatable bonds is 3. The minimum atomic E-state index is -0.105. The average molecular weight is 278 g/mol. The van der Waals surface area contributed by atoms with E-state index in [9.17, 15) is 4.79 Å². The Balaban J connectivity index is 2.12. The molecule has 2 rings (SSSR count). The van der Waals surface area contributed by atoms with Gasteiger partial charge in [0.25, 0.3) is 5.91 Å². The van der Waals surface area contributed by atoms with E-state index in [4.69, 9.17) is 5.26 Å². The van der Waals surface area contributed by atoms with Gasteiger partial charge in [-0.1, -0.05) is 29.3 Å². The molecule has 0 bridgehead atoms. The molecule has 3 heteroatoms. The Bertz CT molecular complexity index is 676. The van der Waals surface area contributed by atoms with Gasteiger partial charge in [-0.15, -0.1) is 0 Å². The number of hydrogen-bond donors (Lipinski definition) is 1. The van der Waals surface area contributed by atoms with Gasteiger partial charge >= 0.3 is 0 Å². The van der Waals surface area contributed by atoms with Crippen molar-refractivity contribution in [3.63, 3.8) is 0 Å². The predicted molar refractivity (Wildman–Crippen MR) is 83.0 cm³/mol. The van der Waals surface area contributed by atoms with Crippen molar-refractivity contribution in [2.75, 3.05) is 0 Å². The molecule has 106 valence electrons. The van der Waals surface area contributed by atoms with E-state index in [1.54, 1.807) is 12.1 Å². The Kier molecular flexibility index (Phi) is 4.39. The van der Waals surface area contributed by atoms with Crippen molar-refractivity contribution >= 4 is 5.91 Å². The van der Waals surface area contributed by atoms with Gasteiger partial charge in [0.05, 0.1) is 17.7 Å². The molecule has 1 N–H and O–H groups in total. The lowest BCUT2D eigenvalue weighted by molar-refractivity contribution is 0.0939.